The van der Waals surface area contributed by atoms with Gasteiger partial charge in [-0.15, -0.1) is 0 Å². The van der Waals surface area contributed by atoms with E-state index in [1.54, 1.807) is 6.92 Å². The molecule has 0 N–H and O–H groups in total. The van der Waals surface area contributed by atoms with Crippen LogP contribution in [-0.2, 0) is 6.42 Å². The first-order valence-corrected chi connectivity index (χ1v) is 12.7. The third kappa shape index (κ3) is 7.62. The van der Waals surface area contributed by atoms with E-state index in [1.807, 2.05) is 24.3 Å². The summed E-state index contributed by atoms with van der Waals surface area (Å²) in [4.78, 5) is 11.5. The third-order valence-corrected chi connectivity index (χ3v) is 6.48. The molecule has 0 spiro atoms. The summed E-state index contributed by atoms with van der Waals surface area (Å²) in [6.45, 7) is 4.79. The van der Waals surface area contributed by atoms with Crippen molar-refractivity contribution in [3.63, 3.8) is 0 Å². The predicted octanol–water partition coefficient (Wildman–Crippen LogP) is 7.97. The van der Waals surface area contributed by atoms with Crippen LogP contribution in [0.1, 0.15) is 106 Å². The maximum absolute atomic E-state index is 11.5. The van der Waals surface area contributed by atoms with Crippen LogP contribution in [-0.4, -0.2) is 18.0 Å². The SMILES string of the molecule is CCCCCCCCCCCCc1ccc(N2CCC(c3ccc(C(C)=O)cc3)=N2)cc1. The van der Waals surface area contributed by atoms with Gasteiger partial charge < -0.3 is 0 Å². The highest BCUT2D eigenvalue weighted by atomic mass is 16.1. The molecule has 0 aromatic heterocycles. The summed E-state index contributed by atoms with van der Waals surface area (Å²) in [6.07, 6.45) is 15.9. The van der Waals surface area contributed by atoms with Gasteiger partial charge in [0, 0.05) is 18.5 Å². The lowest BCUT2D eigenvalue weighted by Gasteiger charge is -2.14. The first-order valence-electron chi connectivity index (χ1n) is 12.7. The first-order chi connectivity index (χ1) is 15.7. The fourth-order valence-corrected chi connectivity index (χ4v) is 4.39. The zero-order valence-corrected chi connectivity index (χ0v) is 20.1. The van der Waals surface area contributed by atoms with E-state index < -0.39 is 0 Å². The van der Waals surface area contributed by atoms with Gasteiger partial charge in [0.15, 0.2) is 5.78 Å². The second-order valence-electron chi connectivity index (χ2n) is 9.15. The number of Topliss-reactive ketones (excluding diaryl/α,β-unsaturated/α-hetero) is 1. The Hall–Kier alpha value is -2.42. The molecule has 1 heterocycles. The Morgan fingerprint density at radius 3 is 2.00 bits per heavy atom. The molecule has 0 bridgehead atoms. The van der Waals surface area contributed by atoms with Gasteiger partial charge in [-0.1, -0.05) is 101 Å². The van der Waals surface area contributed by atoms with Crippen molar-refractivity contribution in [1.82, 2.24) is 0 Å². The number of aryl methyl sites for hydroxylation is 1. The molecule has 0 amide bonds. The number of rotatable bonds is 14. The molecule has 2 aromatic rings. The molecule has 32 heavy (non-hydrogen) atoms. The number of anilines is 1. The second kappa shape index (κ2) is 13.2. The van der Waals surface area contributed by atoms with Gasteiger partial charge in [0.05, 0.1) is 11.4 Å². The largest absolute Gasteiger partial charge is 0.295 e. The molecule has 3 heteroatoms. The fourth-order valence-electron chi connectivity index (χ4n) is 4.39. The monoisotopic (exact) mass is 432 g/mol. The number of ketones is 1. The average Bonchev–Trinajstić information content (AvgIpc) is 3.31. The first kappa shape index (κ1) is 24.2. The van der Waals surface area contributed by atoms with E-state index in [9.17, 15) is 4.79 Å². The molecule has 0 saturated heterocycles. The van der Waals surface area contributed by atoms with Crippen molar-refractivity contribution < 1.29 is 4.79 Å². The number of hydrogen-bond acceptors (Lipinski definition) is 3. The predicted molar refractivity (Wildman–Crippen MR) is 137 cm³/mol. The number of benzene rings is 2. The Kier molecular flexibility index (Phi) is 9.99. The van der Waals surface area contributed by atoms with Crippen LogP contribution in [0.25, 0.3) is 0 Å². The Morgan fingerprint density at radius 1 is 0.812 bits per heavy atom. The van der Waals surface area contributed by atoms with Crippen LogP contribution in [0.3, 0.4) is 0 Å². The van der Waals surface area contributed by atoms with Crippen molar-refractivity contribution >= 4 is 17.2 Å². The van der Waals surface area contributed by atoms with E-state index in [0.29, 0.717) is 0 Å². The van der Waals surface area contributed by atoms with Crippen molar-refractivity contribution in [1.29, 1.82) is 0 Å². The summed E-state index contributed by atoms with van der Waals surface area (Å²) >= 11 is 0. The lowest BCUT2D eigenvalue weighted by atomic mass is 10.0. The highest BCUT2D eigenvalue weighted by Gasteiger charge is 2.17. The number of carbonyl (C=O) groups is 1. The summed E-state index contributed by atoms with van der Waals surface area (Å²) < 4.78 is 0. The smallest absolute Gasteiger partial charge is 0.159 e. The van der Waals surface area contributed by atoms with Crippen LogP contribution in [0.4, 0.5) is 5.69 Å². The number of unbranched alkanes of at least 4 members (excludes halogenated alkanes) is 9. The minimum Gasteiger partial charge on any atom is -0.295 e. The summed E-state index contributed by atoms with van der Waals surface area (Å²) in [5, 5.41) is 6.92. The van der Waals surface area contributed by atoms with E-state index in [4.69, 9.17) is 5.10 Å². The van der Waals surface area contributed by atoms with Crippen LogP contribution in [0.15, 0.2) is 53.6 Å². The van der Waals surface area contributed by atoms with Crippen LogP contribution in [0.2, 0.25) is 0 Å². The molecular formula is C29H40N2O. The lowest BCUT2D eigenvalue weighted by Crippen LogP contribution is -2.11. The molecule has 0 saturated carbocycles. The summed E-state index contributed by atoms with van der Waals surface area (Å²) in [6, 6.07) is 16.7. The Bertz CT molecular complexity index is 852. The zero-order valence-electron chi connectivity index (χ0n) is 20.1. The molecule has 1 aliphatic heterocycles. The zero-order chi connectivity index (χ0) is 22.6. The van der Waals surface area contributed by atoms with Gasteiger partial charge in [-0.3, -0.25) is 9.80 Å². The Balaban J connectivity index is 1.38. The standard InChI is InChI=1S/C29H40N2O/c1-3-4-5-6-7-8-9-10-11-12-13-25-14-20-28(21-15-25)31-23-22-29(30-31)27-18-16-26(17-19-27)24(2)32/h14-21H,3-13,22-23H2,1-2H3. The minimum atomic E-state index is 0.101. The van der Waals surface area contributed by atoms with Gasteiger partial charge in [0.25, 0.3) is 0 Å². The van der Waals surface area contributed by atoms with Crippen LogP contribution >= 0.6 is 0 Å². The minimum absolute atomic E-state index is 0.101. The van der Waals surface area contributed by atoms with Crippen molar-refractivity contribution in [2.75, 3.05) is 11.6 Å². The van der Waals surface area contributed by atoms with Gasteiger partial charge >= 0.3 is 0 Å². The number of hydrogen-bond donors (Lipinski definition) is 0. The summed E-state index contributed by atoms with van der Waals surface area (Å²) in [7, 11) is 0. The highest BCUT2D eigenvalue weighted by molar-refractivity contribution is 6.03. The molecule has 0 radical (unpaired) electrons. The van der Waals surface area contributed by atoms with Crippen molar-refractivity contribution in [3.8, 4) is 0 Å². The van der Waals surface area contributed by atoms with Crippen LogP contribution in [0.5, 0.6) is 0 Å². The highest BCUT2D eigenvalue weighted by Crippen LogP contribution is 2.23. The van der Waals surface area contributed by atoms with E-state index in [-0.39, 0.29) is 5.78 Å². The van der Waals surface area contributed by atoms with Gasteiger partial charge in [-0.05, 0) is 43.0 Å². The topological polar surface area (TPSA) is 32.7 Å². The third-order valence-electron chi connectivity index (χ3n) is 6.48. The van der Waals surface area contributed by atoms with Crippen LogP contribution < -0.4 is 5.01 Å². The van der Waals surface area contributed by atoms with E-state index in [2.05, 4.69) is 36.2 Å². The van der Waals surface area contributed by atoms with E-state index in [0.717, 1.165) is 35.5 Å². The van der Waals surface area contributed by atoms with Gasteiger partial charge in [0.2, 0.25) is 0 Å². The molecule has 3 rings (SSSR count). The molecule has 172 valence electrons. The number of carbonyl (C=O) groups excluding carboxylic acids is 1. The normalized spacial score (nSPS) is 13.4. The van der Waals surface area contributed by atoms with E-state index >= 15 is 0 Å². The Labute approximate surface area is 194 Å². The molecular weight excluding hydrogens is 392 g/mol. The molecule has 0 unspecified atom stereocenters. The van der Waals surface area contributed by atoms with Crippen molar-refractivity contribution in [2.45, 2.75) is 90.9 Å². The van der Waals surface area contributed by atoms with Gasteiger partial charge in [0.1, 0.15) is 0 Å². The molecule has 0 aliphatic carbocycles. The van der Waals surface area contributed by atoms with Gasteiger partial charge in [-0.2, -0.15) is 5.10 Å². The maximum Gasteiger partial charge on any atom is 0.159 e. The summed E-state index contributed by atoms with van der Waals surface area (Å²) in [5.74, 6) is 0.101. The average molecular weight is 433 g/mol. The van der Waals surface area contributed by atoms with Crippen molar-refractivity contribution in [3.05, 3.63) is 65.2 Å². The molecule has 2 aromatic carbocycles. The lowest BCUT2D eigenvalue weighted by molar-refractivity contribution is 0.101. The summed E-state index contributed by atoms with van der Waals surface area (Å²) in [5.41, 5.74) is 5.54. The van der Waals surface area contributed by atoms with E-state index in [1.165, 1.54) is 76.2 Å². The van der Waals surface area contributed by atoms with Crippen LogP contribution in [0, 0.1) is 0 Å². The molecule has 0 fully saturated rings. The molecule has 1 aliphatic rings. The Morgan fingerprint density at radius 2 is 1.41 bits per heavy atom. The second-order valence-corrected chi connectivity index (χ2v) is 9.15. The quantitative estimate of drug-likeness (QED) is 0.224. The number of nitrogens with zero attached hydrogens (tertiary/aromatic N) is 2. The molecule has 3 nitrogen and oxygen atoms in total. The van der Waals surface area contributed by atoms with Gasteiger partial charge in [-0.25, -0.2) is 0 Å². The maximum atomic E-state index is 11.5. The molecule has 0 atom stereocenters. The fraction of sp³-hybridized carbons (Fsp3) is 0.517. The van der Waals surface area contributed by atoms with Crippen molar-refractivity contribution in [2.24, 2.45) is 5.10 Å². The number of hydrazone groups is 1.